The Kier molecular flexibility index (Phi) is 2.85. The van der Waals surface area contributed by atoms with Crippen molar-refractivity contribution in [3.05, 3.63) is 23.9 Å². The number of H-pyrrole nitrogens is 1. The lowest BCUT2D eigenvalue weighted by atomic mass is 10.1. The molecule has 0 aromatic carbocycles. The van der Waals surface area contributed by atoms with Crippen molar-refractivity contribution in [1.82, 2.24) is 10.2 Å². The molecule has 1 atom stereocenters. The van der Waals surface area contributed by atoms with Gasteiger partial charge in [-0.1, -0.05) is 12.2 Å². The minimum Gasteiger partial charge on any atom is -0.311 e. The maximum atomic E-state index is 11.6. The van der Waals surface area contributed by atoms with E-state index < -0.39 is 0 Å². The molecule has 1 aromatic heterocycles. The second-order valence-electron chi connectivity index (χ2n) is 3.95. The van der Waals surface area contributed by atoms with E-state index >= 15 is 0 Å². The SMILES string of the molecule is Cc1cn[nH]c1NC(=O)CC1C=CCC1. The summed E-state index contributed by atoms with van der Waals surface area (Å²) in [4.78, 5) is 11.6. The van der Waals surface area contributed by atoms with Crippen LogP contribution in [0.3, 0.4) is 0 Å². The third kappa shape index (κ3) is 2.46. The Hall–Kier alpha value is -1.58. The summed E-state index contributed by atoms with van der Waals surface area (Å²) in [5.74, 6) is 1.18. The maximum absolute atomic E-state index is 11.6. The van der Waals surface area contributed by atoms with Gasteiger partial charge in [-0.15, -0.1) is 0 Å². The number of aromatic amines is 1. The molecule has 1 aromatic rings. The van der Waals surface area contributed by atoms with Crippen molar-refractivity contribution in [1.29, 1.82) is 0 Å². The molecular weight excluding hydrogens is 190 g/mol. The van der Waals surface area contributed by atoms with Crippen molar-refractivity contribution in [2.24, 2.45) is 5.92 Å². The standard InChI is InChI=1S/C11H15N3O/c1-8-7-12-14-11(8)13-10(15)6-9-4-2-3-5-9/h2,4,7,9H,3,5-6H2,1H3,(H2,12,13,14,15). The van der Waals surface area contributed by atoms with E-state index in [2.05, 4.69) is 27.7 Å². The Balaban J connectivity index is 1.87. The molecule has 0 bridgehead atoms. The van der Waals surface area contributed by atoms with Crippen LogP contribution in [0.5, 0.6) is 0 Å². The molecule has 1 aliphatic carbocycles. The first-order valence-electron chi connectivity index (χ1n) is 5.22. The third-order valence-electron chi connectivity index (χ3n) is 2.65. The number of anilines is 1. The average Bonchev–Trinajstić information content (AvgIpc) is 2.79. The number of allylic oxidation sites excluding steroid dienone is 2. The highest BCUT2D eigenvalue weighted by Gasteiger charge is 2.14. The van der Waals surface area contributed by atoms with Crippen molar-refractivity contribution in [2.75, 3.05) is 5.32 Å². The summed E-state index contributed by atoms with van der Waals surface area (Å²) in [6, 6.07) is 0. The first-order valence-corrected chi connectivity index (χ1v) is 5.22. The van der Waals surface area contributed by atoms with Gasteiger partial charge in [0.2, 0.25) is 5.91 Å². The molecule has 0 aliphatic heterocycles. The number of aryl methyl sites for hydroxylation is 1. The van der Waals surface area contributed by atoms with Gasteiger partial charge in [0.25, 0.3) is 0 Å². The van der Waals surface area contributed by atoms with Crippen LogP contribution in [-0.2, 0) is 4.79 Å². The van der Waals surface area contributed by atoms with E-state index in [9.17, 15) is 4.79 Å². The molecule has 4 nitrogen and oxygen atoms in total. The molecular formula is C11H15N3O. The zero-order valence-corrected chi connectivity index (χ0v) is 8.79. The van der Waals surface area contributed by atoms with Gasteiger partial charge >= 0.3 is 0 Å². The lowest BCUT2D eigenvalue weighted by Gasteiger charge is -2.07. The number of amides is 1. The van der Waals surface area contributed by atoms with Crippen LogP contribution in [0, 0.1) is 12.8 Å². The van der Waals surface area contributed by atoms with E-state index in [4.69, 9.17) is 0 Å². The van der Waals surface area contributed by atoms with Crippen molar-refractivity contribution < 1.29 is 4.79 Å². The van der Waals surface area contributed by atoms with E-state index in [0.717, 1.165) is 18.4 Å². The summed E-state index contributed by atoms with van der Waals surface area (Å²) >= 11 is 0. The molecule has 0 saturated carbocycles. The fourth-order valence-electron chi connectivity index (χ4n) is 1.77. The van der Waals surface area contributed by atoms with Crippen LogP contribution in [0.25, 0.3) is 0 Å². The van der Waals surface area contributed by atoms with Crippen molar-refractivity contribution in [2.45, 2.75) is 26.2 Å². The van der Waals surface area contributed by atoms with Crippen LogP contribution in [0.2, 0.25) is 0 Å². The Bertz CT molecular complexity index is 381. The number of aromatic nitrogens is 2. The van der Waals surface area contributed by atoms with Crippen molar-refractivity contribution in [3.8, 4) is 0 Å². The smallest absolute Gasteiger partial charge is 0.226 e. The molecule has 15 heavy (non-hydrogen) atoms. The fourth-order valence-corrected chi connectivity index (χ4v) is 1.77. The molecule has 1 heterocycles. The van der Waals surface area contributed by atoms with Gasteiger partial charge < -0.3 is 5.32 Å². The van der Waals surface area contributed by atoms with E-state index in [1.54, 1.807) is 6.20 Å². The Morgan fingerprint density at radius 3 is 3.20 bits per heavy atom. The van der Waals surface area contributed by atoms with Gasteiger partial charge in [0.05, 0.1) is 6.20 Å². The van der Waals surface area contributed by atoms with Gasteiger partial charge in [-0.25, -0.2) is 0 Å². The number of rotatable bonds is 3. The van der Waals surface area contributed by atoms with Crippen LogP contribution in [0.1, 0.15) is 24.8 Å². The van der Waals surface area contributed by atoms with E-state index in [0.29, 0.717) is 18.2 Å². The zero-order valence-electron chi connectivity index (χ0n) is 8.79. The van der Waals surface area contributed by atoms with E-state index in [-0.39, 0.29) is 5.91 Å². The Labute approximate surface area is 88.8 Å². The predicted molar refractivity (Wildman–Crippen MR) is 58.4 cm³/mol. The minimum absolute atomic E-state index is 0.0545. The molecule has 1 amide bonds. The predicted octanol–water partition coefficient (Wildman–Crippen LogP) is 2.01. The minimum atomic E-state index is 0.0545. The van der Waals surface area contributed by atoms with Gasteiger partial charge in [0.1, 0.15) is 5.82 Å². The number of nitrogens with one attached hydrogen (secondary N) is 2. The van der Waals surface area contributed by atoms with E-state index in [1.807, 2.05) is 6.92 Å². The summed E-state index contributed by atoms with van der Waals surface area (Å²) in [7, 11) is 0. The summed E-state index contributed by atoms with van der Waals surface area (Å²) in [6.07, 6.45) is 8.72. The molecule has 0 saturated heterocycles. The maximum Gasteiger partial charge on any atom is 0.226 e. The fraction of sp³-hybridized carbons (Fsp3) is 0.455. The zero-order chi connectivity index (χ0) is 10.7. The number of carbonyl (C=O) groups is 1. The first-order chi connectivity index (χ1) is 7.25. The molecule has 4 heteroatoms. The normalized spacial score (nSPS) is 19.4. The molecule has 2 rings (SSSR count). The van der Waals surface area contributed by atoms with Crippen LogP contribution in [-0.4, -0.2) is 16.1 Å². The highest BCUT2D eigenvalue weighted by Crippen LogP contribution is 2.21. The Morgan fingerprint density at radius 2 is 2.60 bits per heavy atom. The first kappa shape index (κ1) is 9.96. The summed E-state index contributed by atoms with van der Waals surface area (Å²) in [6.45, 7) is 1.91. The van der Waals surface area contributed by atoms with Gasteiger partial charge in [-0.2, -0.15) is 5.10 Å². The average molecular weight is 205 g/mol. The number of carbonyl (C=O) groups excluding carboxylic acids is 1. The molecule has 1 unspecified atom stereocenters. The molecule has 1 aliphatic rings. The molecule has 2 N–H and O–H groups in total. The highest BCUT2D eigenvalue weighted by molar-refractivity contribution is 5.90. The molecule has 0 fully saturated rings. The van der Waals surface area contributed by atoms with Gasteiger partial charge in [-0.3, -0.25) is 9.89 Å². The number of hydrogen-bond donors (Lipinski definition) is 2. The van der Waals surface area contributed by atoms with Crippen molar-refractivity contribution in [3.63, 3.8) is 0 Å². The second-order valence-corrected chi connectivity index (χ2v) is 3.95. The summed E-state index contributed by atoms with van der Waals surface area (Å²) < 4.78 is 0. The second kappa shape index (κ2) is 4.29. The summed E-state index contributed by atoms with van der Waals surface area (Å²) in [5.41, 5.74) is 0.963. The van der Waals surface area contributed by atoms with Gasteiger partial charge in [0.15, 0.2) is 0 Å². The van der Waals surface area contributed by atoms with Crippen LogP contribution in [0.4, 0.5) is 5.82 Å². The number of nitrogens with zero attached hydrogens (tertiary/aromatic N) is 1. The van der Waals surface area contributed by atoms with Gasteiger partial charge in [0, 0.05) is 12.0 Å². The van der Waals surface area contributed by atoms with E-state index in [1.165, 1.54) is 0 Å². The third-order valence-corrected chi connectivity index (χ3v) is 2.65. The Morgan fingerprint density at radius 1 is 1.73 bits per heavy atom. The van der Waals surface area contributed by atoms with Crippen LogP contribution in [0.15, 0.2) is 18.3 Å². The highest BCUT2D eigenvalue weighted by atomic mass is 16.1. The summed E-state index contributed by atoms with van der Waals surface area (Å²) in [5, 5.41) is 9.44. The lowest BCUT2D eigenvalue weighted by Crippen LogP contribution is -2.15. The topological polar surface area (TPSA) is 57.8 Å². The largest absolute Gasteiger partial charge is 0.311 e. The van der Waals surface area contributed by atoms with Crippen molar-refractivity contribution >= 4 is 11.7 Å². The van der Waals surface area contributed by atoms with Crippen LogP contribution < -0.4 is 5.32 Å². The van der Waals surface area contributed by atoms with Crippen LogP contribution >= 0.6 is 0 Å². The van der Waals surface area contributed by atoms with Gasteiger partial charge in [-0.05, 0) is 25.7 Å². The molecule has 80 valence electrons. The molecule has 0 radical (unpaired) electrons. The number of hydrogen-bond acceptors (Lipinski definition) is 2. The lowest BCUT2D eigenvalue weighted by molar-refractivity contribution is -0.116. The monoisotopic (exact) mass is 205 g/mol. The molecule has 0 spiro atoms. The quantitative estimate of drug-likeness (QED) is 0.741.